The lowest BCUT2D eigenvalue weighted by molar-refractivity contribution is 0.103. The fourth-order valence-corrected chi connectivity index (χ4v) is 2.00. The number of hydrogen-bond acceptors (Lipinski definition) is 4. The van der Waals surface area contributed by atoms with Crippen molar-refractivity contribution >= 4 is 0 Å². The van der Waals surface area contributed by atoms with Gasteiger partial charge in [0.25, 0.3) is 0 Å². The predicted octanol–water partition coefficient (Wildman–Crippen LogP) is -0.133. The van der Waals surface area contributed by atoms with Crippen molar-refractivity contribution in [3.8, 4) is 0 Å². The molecule has 0 aliphatic carbocycles. The van der Waals surface area contributed by atoms with Crippen LogP contribution in [0.25, 0.3) is 0 Å². The lowest BCUT2D eigenvalue weighted by Gasteiger charge is -2.14. The molecular formula is C11H16N2O2. The highest BCUT2D eigenvalue weighted by Gasteiger charge is 2.30. The lowest BCUT2D eigenvalue weighted by Crippen LogP contribution is -2.21. The molecule has 0 unspecified atom stereocenters. The van der Waals surface area contributed by atoms with Crippen molar-refractivity contribution in [2.45, 2.75) is 12.6 Å². The first-order valence-electron chi connectivity index (χ1n) is 5.20. The zero-order valence-electron chi connectivity index (χ0n) is 8.58. The maximum absolute atomic E-state index is 9.62. The normalized spacial score (nSPS) is 27.1. The fourth-order valence-electron chi connectivity index (χ4n) is 2.00. The third kappa shape index (κ3) is 2.53. The summed E-state index contributed by atoms with van der Waals surface area (Å²) in [6.07, 6.45) is 3.18. The Bertz CT molecular complexity index is 305. The number of aliphatic hydroxyl groups is 2. The highest BCUT2D eigenvalue weighted by atomic mass is 16.3. The Labute approximate surface area is 89.2 Å². The van der Waals surface area contributed by atoms with Crippen LogP contribution >= 0.6 is 0 Å². The molecule has 0 amide bonds. The van der Waals surface area contributed by atoms with E-state index in [2.05, 4.69) is 9.88 Å². The Morgan fingerprint density at radius 2 is 2.33 bits per heavy atom. The van der Waals surface area contributed by atoms with Crippen LogP contribution < -0.4 is 0 Å². The molecule has 0 spiro atoms. The topological polar surface area (TPSA) is 56.6 Å². The predicted molar refractivity (Wildman–Crippen MR) is 56.1 cm³/mol. The van der Waals surface area contributed by atoms with E-state index < -0.39 is 6.10 Å². The van der Waals surface area contributed by atoms with E-state index in [1.807, 2.05) is 18.3 Å². The van der Waals surface area contributed by atoms with E-state index >= 15 is 0 Å². The molecule has 1 aliphatic heterocycles. The lowest BCUT2D eigenvalue weighted by atomic mass is 10.1. The summed E-state index contributed by atoms with van der Waals surface area (Å²) < 4.78 is 0. The first-order valence-corrected chi connectivity index (χ1v) is 5.20. The number of nitrogens with zero attached hydrogens (tertiary/aromatic N) is 2. The van der Waals surface area contributed by atoms with E-state index in [1.54, 1.807) is 6.20 Å². The maximum Gasteiger partial charge on any atom is 0.0729 e. The van der Waals surface area contributed by atoms with E-state index in [4.69, 9.17) is 5.11 Å². The molecule has 1 aromatic rings. The smallest absolute Gasteiger partial charge is 0.0729 e. The largest absolute Gasteiger partial charge is 0.396 e. The Hall–Kier alpha value is -0.970. The van der Waals surface area contributed by atoms with Gasteiger partial charge >= 0.3 is 0 Å². The molecular weight excluding hydrogens is 192 g/mol. The first kappa shape index (κ1) is 10.5. The van der Waals surface area contributed by atoms with Crippen molar-refractivity contribution in [3.05, 3.63) is 30.1 Å². The molecule has 2 rings (SSSR count). The number of likely N-dealkylation sites (tertiary alicyclic amines) is 1. The van der Waals surface area contributed by atoms with Gasteiger partial charge in [-0.2, -0.15) is 0 Å². The molecule has 2 heterocycles. The van der Waals surface area contributed by atoms with Crippen molar-refractivity contribution in [2.75, 3.05) is 19.7 Å². The monoisotopic (exact) mass is 208 g/mol. The second-order valence-corrected chi connectivity index (χ2v) is 4.07. The molecule has 15 heavy (non-hydrogen) atoms. The van der Waals surface area contributed by atoms with Crippen LogP contribution in [-0.2, 0) is 6.54 Å². The van der Waals surface area contributed by atoms with E-state index in [1.165, 1.54) is 0 Å². The van der Waals surface area contributed by atoms with Gasteiger partial charge in [-0.3, -0.25) is 9.88 Å². The fraction of sp³-hybridized carbons (Fsp3) is 0.545. The molecule has 4 heteroatoms. The molecule has 1 fully saturated rings. The number of aliphatic hydroxyl groups excluding tert-OH is 2. The quantitative estimate of drug-likeness (QED) is 0.726. The molecule has 2 N–H and O–H groups in total. The summed E-state index contributed by atoms with van der Waals surface area (Å²) in [5.74, 6) is 0.00155. The summed E-state index contributed by atoms with van der Waals surface area (Å²) in [6.45, 7) is 2.25. The Kier molecular flexibility index (Phi) is 3.30. The molecule has 1 aliphatic rings. The zero-order chi connectivity index (χ0) is 10.7. The number of aromatic nitrogens is 1. The van der Waals surface area contributed by atoms with Crippen molar-refractivity contribution in [1.82, 2.24) is 9.88 Å². The van der Waals surface area contributed by atoms with Gasteiger partial charge in [0.1, 0.15) is 0 Å². The molecule has 1 saturated heterocycles. The Balaban J connectivity index is 1.92. The van der Waals surface area contributed by atoms with Crippen LogP contribution in [0.15, 0.2) is 24.5 Å². The molecule has 0 bridgehead atoms. The van der Waals surface area contributed by atoms with Gasteiger partial charge in [0, 0.05) is 44.6 Å². The van der Waals surface area contributed by atoms with Gasteiger partial charge in [-0.05, 0) is 11.6 Å². The number of rotatable bonds is 3. The highest BCUT2D eigenvalue weighted by molar-refractivity contribution is 5.08. The van der Waals surface area contributed by atoms with Gasteiger partial charge in [-0.25, -0.2) is 0 Å². The molecule has 82 valence electrons. The van der Waals surface area contributed by atoms with Crippen molar-refractivity contribution in [2.24, 2.45) is 5.92 Å². The standard InChI is InChI=1S/C11H16N2O2/c14-8-10-6-13(7-11(10)15)5-9-2-1-3-12-4-9/h1-4,10-11,14-15H,5-8H2/t10-,11+/m1/s1. The Morgan fingerprint density at radius 1 is 1.47 bits per heavy atom. The minimum absolute atomic E-state index is 0.00155. The van der Waals surface area contributed by atoms with Gasteiger partial charge < -0.3 is 10.2 Å². The highest BCUT2D eigenvalue weighted by Crippen LogP contribution is 2.18. The van der Waals surface area contributed by atoms with Crippen molar-refractivity contribution in [1.29, 1.82) is 0 Å². The van der Waals surface area contributed by atoms with Crippen LogP contribution in [0.3, 0.4) is 0 Å². The van der Waals surface area contributed by atoms with Crippen LogP contribution in [0.5, 0.6) is 0 Å². The van der Waals surface area contributed by atoms with Gasteiger partial charge in [0.2, 0.25) is 0 Å². The second-order valence-electron chi connectivity index (χ2n) is 4.07. The minimum atomic E-state index is -0.397. The molecule has 1 aromatic heterocycles. The number of pyridine rings is 1. The number of hydrogen-bond donors (Lipinski definition) is 2. The van der Waals surface area contributed by atoms with Gasteiger partial charge in [0.05, 0.1) is 6.10 Å². The van der Waals surface area contributed by atoms with Crippen LogP contribution in [-0.4, -0.2) is 45.9 Å². The van der Waals surface area contributed by atoms with Crippen molar-refractivity contribution in [3.63, 3.8) is 0 Å². The van der Waals surface area contributed by atoms with E-state index in [0.29, 0.717) is 6.54 Å². The minimum Gasteiger partial charge on any atom is -0.396 e. The van der Waals surface area contributed by atoms with E-state index in [-0.39, 0.29) is 12.5 Å². The van der Waals surface area contributed by atoms with Crippen LogP contribution in [0, 0.1) is 5.92 Å². The summed E-state index contributed by atoms with van der Waals surface area (Å²) in [5.41, 5.74) is 1.14. The van der Waals surface area contributed by atoms with Gasteiger partial charge in [-0.15, -0.1) is 0 Å². The number of β-amino-alcohol motifs (C(OH)–C–C–N with tert-alkyl or cyclic N) is 1. The van der Waals surface area contributed by atoms with Crippen LogP contribution in [0.4, 0.5) is 0 Å². The van der Waals surface area contributed by atoms with Gasteiger partial charge in [0.15, 0.2) is 0 Å². The summed E-state index contributed by atoms with van der Waals surface area (Å²) in [6, 6.07) is 3.93. The first-order chi connectivity index (χ1) is 7.29. The summed E-state index contributed by atoms with van der Waals surface area (Å²) >= 11 is 0. The zero-order valence-corrected chi connectivity index (χ0v) is 8.58. The molecule has 0 radical (unpaired) electrons. The SMILES string of the molecule is OC[C@H]1CN(Cc2cccnc2)C[C@@H]1O. The second kappa shape index (κ2) is 4.70. The molecule has 0 saturated carbocycles. The maximum atomic E-state index is 9.62. The third-order valence-corrected chi connectivity index (χ3v) is 2.85. The average Bonchev–Trinajstić information content (AvgIpc) is 2.60. The third-order valence-electron chi connectivity index (χ3n) is 2.85. The molecule has 0 aromatic carbocycles. The van der Waals surface area contributed by atoms with Crippen LogP contribution in [0.2, 0.25) is 0 Å². The summed E-state index contributed by atoms with van der Waals surface area (Å²) in [5, 5.41) is 18.6. The molecule has 2 atom stereocenters. The summed E-state index contributed by atoms with van der Waals surface area (Å²) in [7, 11) is 0. The average molecular weight is 208 g/mol. The van der Waals surface area contributed by atoms with Gasteiger partial charge in [-0.1, -0.05) is 6.07 Å². The molecule has 4 nitrogen and oxygen atoms in total. The van der Waals surface area contributed by atoms with E-state index in [0.717, 1.165) is 18.7 Å². The van der Waals surface area contributed by atoms with Crippen LogP contribution in [0.1, 0.15) is 5.56 Å². The summed E-state index contributed by atoms with van der Waals surface area (Å²) in [4.78, 5) is 6.19. The van der Waals surface area contributed by atoms with Crippen molar-refractivity contribution < 1.29 is 10.2 Å². The Morgan fingerprint density at radius 3 is 2.93 bits per heavy atom. The van der Waals surface area contributed by atoms with E-state index in [9.17, 15) is 5.11 Å².